The van der Waals surface area contributed by atoms with Crippen LogP contribution in [0.2, 0.25) is 5.02 Å². The Kier molecular flexibility index (Phi) is 16.0. The molecule has 2 aliphatic rings. The Balaban J connectivity index is 0.00000245. The molecule has 2 saturated heterocycles. The average Bonchev–Trinajstić information content (AvgIpc) is 3.01. The van der Waals surface area contributed by atoms with Crippen molar-refractivity contribution in [3.8, 4) is 11.1 Å². The smallest absolute Gasteiger partial charge is 0.382 e. The number of benzene rings is 2. The molecule has 5 rings (SSSR count). The van der Waals surface area contributed by atoms with E-state index in [1.807, 2.05) is 24.3 Å². The number of halogens is 7. The molecule has 0 N–H and O–H groups in total. The summed E-state index contributed by atoms with van der Waals surface area (Å²) >= 11 is 6.11. The molecule has 0 saturated carbocycles. The molecule has 3 heterocycles. The van der Waals surface area contributed by atoms with Gasteiger partial charge in [0.1, 0.15) is 0 Å². The van der Waals surface area contributed by atoms with E-state index in [1.165, 1.54) is 12.4 Å². The molecule has 0 unspecified atom stereocenters. The molecular weight excluding hydrogens is 687 g/mol. The molecule has 14 heteroatoms. The lowest BCUT2D eigenvalue weighted by Crippen LogP contribution is -2.57. The van der Waals surface area contributed by atoms with Gasteiger partial charge in [-0.3, -0.25) is 19.6 Å². The van der Waals surface area contributed by atoms with Gasteiger partial charge in [0, 0.05) is 81.9 Å². The molecule has 2 fully saturated rings. The van der Waals surface area contributed by atoms with E-state index in [0.717, 1.165) is 43.9 Å². The first-order valence-corrected chi connectivity index (χ1v) is 14.8. The Labute approximate surface area is 291 Å². The second-order valence-electron chi connectivity index (χ2n) is 11.1. The lowest BCUT2D eigenvalue weighted by molar-refractivity contribution is -0.137. The van der Waals surface area contributed by atoms with Gasteiger partial charge in [0.2, 0.25) is 0 Å². The number of piperazine rings is 1. The maximum absolute atomic E-state index is 14.0. The largest absolute Gasteiger partial charge is 0.416 e. The zero-order valence-corrected chi connectivity index (χ0v) is 28.5. The van der Waals surface area contributed by atoms with Gasteiger partial charge in [0.25, 0.3) is 5.91 Å². The summed E-state index contributed by atoms with van der Waals surface area (Å²) in [6.45, 7) is 6.18. The molecule has 254 valence electrons. The van der Waals surface area contributed by atoms with Crippen LogP contribution in [-0.4, -0.2) is 104 Å². The molecule has 0 bridgehead atoms. The van der Waals surface area contributed by atoms with Crippen LogP contribution in [0.4, 0.5) is 13.2 Å². The summed E-state index contributed by atoms with van der Waals surface area (Å²) < 4.78 is 52.9. The third-order valence-corrected chi connectivity index (χ3v) is 8.29. The Morgan fingerprint density at radius 2 is 1.61 bits per heavy atom. The van der Waals surface area contributed by atoms with Crippen molar-refractivity contribution in [2.24, 2.45) is 0 Å². The van der Waals surface area contributed by atoms with Gasteiger partial charge in [0.15, 0.2) is 0 Å². The van der Waals surface area contributed by atoms with Gasteiger partial charge in [-0.2, -0.15) is 13.2 Å². The normalized spacial score (nSPS) is 19.0. The lowest BCUT2D eigenvalue weighted by Gasteiger charge is -2.43. The van der Waals surface area contributed by atoms with E-state index in [9.17, 15) is 18.0 Å². The third-order valence-electron chi connectivity index (χ3n) is 8.04. The van der Waals surface area contributed by atoms with Gasteiger partial charge in [0.05, 0.1) is 24.9 Å². The highest BCUT2D eigenvalue weighted by Gasteiger charge is 2.35. The monoisotopic (exact) mass is 724 g/mol. The number of hydrogen-bond acceptors (Lipinski definition) is 6. The topological polar surface area (TPSA) is 58.1 Å². The first kappa shape index (κ1) is 40.0. The predicted molar refractivity (Wildman–Crippen MR) is 181 cm³/mol. The number of ether oxygens (including phenoxy) is 2. The van der Waals surface area contributed by atoms with E-state index in [4.69, 9.17) is 21.1 Å². The van der Waals surface area contributed by atoms with Crippen molar-refractivity contribution in [3.05, 3.63) is 88.7 Å². The summed E-state index contributed by atoms with van der Waals surface area (Å²) in [6, 6.07) is 14.1. The maximum atomic E-state index is 14.0. The molecular formula is C32H39Cl4F3N4O3. The third kappa shape index (κ3) is 10.7. The van der Waals surface area contributed by atoms with Gasteiger partial charge in [-0.25, -0.2) is 0 Å². The molecule has 0 spiro atoms. The molecule has 3 aromatic rings. The maximum Gasteiger partial charge on any atom is 0.416 e. The number of hydrogen-bond donors (Lipinski definition) is 0. The standard InChI is InChI=1S/C32H36ClF3N4O3.3ClH/c1-42-22-30-21-39(14-15-43-30)11-10-38-12-13-40(29(20-38)16-23-2-4-28(33)5-3-23)31(41)26-17-25(24-6-8-37-9-7-24)18-27(19-26)32(34,35)36;;;/h2-9,17-19,29-30H,10-16,20-22H2,1H3;3*1H/t29-,30+;;;/m1.../s1. The van der Waals surface area contributed by atoms with Crippen LogP contribution in [-0.2, 0) is 22.1 Å². The Morgan fingerprint density at radius 3 is 2.26 bits per heavy atom. The van der Waals surface area contributed by atoms with Crippen molar-refractivity contribution in [2.45, 2.75) is 24.7 Å². The van der Waals surface area contributed by atoms with Crippen LogP contribution in [0.25, 0.3) is 11.1 Å². The predicted octanol–water partition coefficient (Wildman–Crippen LogP) is 6.40. The van der Waals surface area contributed by atoms with Crippen LogP contribution in [0, 0.1) is 0 Å². The number of methoxy groups -OCH3 is 1. The summed E-state index contributed by atoms with van der Waals surface area (Å²) in [7, 11) is 1.67. The van der Waals surface area contributed by atoms with Crippen LogP contribution in [0.5, 0.6) is 0 Å². The van der Waals surface area contributed by atoms with Crippen molar-refractivity contribution in [3.63, 3.8) is 0 Å². The molecule has 2 aliphatic heterocycles. The molecule has 2 atom stereocenters. The van der Waals surface area contributed by atoms with Crippen LogP contribution in [0.3, 0.4) is 0 Å². The van der Waals surface area contributed by atoms with Crippen molar-refractivity contribution >= 4 is 54.7 Å². The molecule has 2 aromatic carbocycles. The highest BCUT2D eigenvalue weighted by molar-refractivity contribution is 6.30. The van der Waals surface area contributed by atoms with Gasteiger partial charge in [-0.15, -0.1) is 37.2 Å². The van der Waals surface area contributed by atoms with Crippen LogP contribution in [0.15, 0.2) is 67.0 Å². The fraction of sp³-hybridized carbons (Fsp3) is 0.438. The van der Waals surface area contributed by atoms with Gasteiger partial charge < -0.3 is 14.4 Å². The van der Waals surface area contributed by atoms with Crippen molar-refractivity contribution in [1.82, 2.24) is 19.7 Å². The van der Waals surface area contributed by atoms with Crippen molar-refractivity contribution in [1.29, 1.82) is 0 Å². The quantitative estimate of drug-likeness (QED) is 0.255. The molecule has 0 radical (unpaired) electrons. The molecule has 46 heavy (non-hydrogen) atoms. The Hall–Kier alpha value is -2.15. The molecule has 1 aromatic heterocycles. The second kappa shape index (κ2) is 18.4. The SMILES string of the molecule is COC[C@@H]1CN(CCN2CCN(C(=O)c3cc(-c4ccncc4)cc(C(F)(F)F)c3)[C@H](Cc3ccc(Cl)cc3)C2)CCO1.Cl.Cl.Cl. The number of aromatic nitrogens is 1. The van der Waals surface area contributed by atoms with Gasteiger partial charge in [-0.1, -0.05) is 23.7 Å². The molecule has 1 amide bonds. The minimum Gasteiger partial charge on any atom is -0.382 e. The van der Waals surface area contributed by atoms with Crippen molar-refractivity contribution < 1.29 is 27.4 Å². The van der Waals surface area contributed by atoms with E-state index in [2.05, 4.69) is 14.8 Å². The summed E-state index contributed by atoms with van der Waals surface area (Å²) in [6.07, 6.45) is -0.944. The van der Waals surface area contributed by atoms with Crippen molar-refractivity contribution in [2.75, 3.05) is 66.1 Å². The number of carbonyl (C=O) groups excluding carboxylic acids is 1. The number of pyridine rings is 1. The van der Waals surface area contributed by atoms with Gasteiger partial charge in [-0.05, 0) is 65.6 Å². The fourth-order valence-corrected chi connectivity index (χ4v) is 5.93. The Morgan fingerprint density at radius 1 is 0.935 bits per heavy atom. The van der Waals surface area contributed by atoms with E-state index in [-0.39, 0.29) is 54.9 Å². The lowest BCUT2D eigenvalue weighted by atomic mass is 9.97. The van der Waals surface area contributed by atoms with E-state index >= 15 is 0 Å². The van der Waals surface area contributed by atoms with Crippen LogP contribution < -0.4 is 0 Å². The number of carbonyl (C=O) groups is 1. The number of morpholine rings is 1. The van der Waals surface area contributed by atoms with Gasteiger partial charge >= 0.3 is 6.18 Å². The highest BCUT2D eigenvalue weighted by Crippen LogP contribution is 2.34. The summed E-state index contributed by atoms with van der Waals surface area (Å²) in [5, 5.41) is 0.617. The zero-order valence-electron chi connectivity index (χ0n) is 25.3. The summed E-state index contributed by atoms with van der Waals surface area (Å²) in [5.41, 5.74) is 1.06. The highest BCUT2D eigenvalue weighted by atomic mass is 35.5. The zero-order chi connectivity index (χ0) is 30.4. The van der Waals surface area contributed by atoms with Crippen LogP contribution >= 0.6 is 48.8 Å². The average molecular weight is 726 g/mol. The first-order valence-electron chi connectivity index (χ1n) is 14.4. The number of nitrogens with zero attached hydrogens (tertiary/aromatic N) is 4. The fourth-order valence-electron chi connectivity index (χ4n) is 5.80. The minimum absolute atomic E-state index is 0. The second-order valence-corrected chi connectivity index (χ2v) is 11.5. The minimum atomic E-state index is -4.60. The number of amides is 1. The van der Waals surface area contributed by atoms with E-state index < -0.39 is 17.6 Å². The van der Waals surface area contributed by atoms with E-state index in [0.29, 0.717) is 55.4 Å². The van der Waals surface area contributed by atoms with E-state index in [1.54, 1.807) is 30.2 Å². The first-order chi connectivity index (χ1) is 20.7. The number of rotatable bonds is 9. The molecule has 7 nitrogen and oxygen atoms in total. The summed E-state index contributed by atoms with van der Waals surface area (Å²) in [4.78, 5) is 24.4. The molecule has 0 aliphatic carbocycles. The Bertz CT molecular complexity index is 1370. The van der Waals surface area contributed by atoms with Crippen LogP contribution in [0.1, 0.15) is 21.5 Å². The summed E-state index contributed by atoms with van der Waals surface area (Å²) in [5.74, 6) is -0.407. The number of alkyl halides is 3.